The normalized spacial score (nSPS) is 10.6. The third-order valence-corrected chi connectivity index (χ3v) is 5.93. The molecule has 0 fully saturated rings. The summed E-state index contributed by atoms with van der Waals surface area (Å²) in [6.07, 6.45) is 0. The number of anilines is 2. The number of amides is 2. The molecular formula is C23H18ClFN6O2S. The number of nitrogens with zero attached hydrogens (tertiary/aromatic N) is 3. The summed E-state index contributed by atoms with van der Waals surface area (Å²) >= 11 is 7.29. The summed E-state index contributed by atoms with van der Waals surface area (Å²) in [6.45, 7) is 0. The van der Waals surface area contributed by atoms with Crippen molar-refractivity contribution in [2.24, 2.45) is 0 Å². The molecule has 4 N–H and O–H groups in total. The van der Waals surface area contributed by atoms with Gasteiger partial charge >= 0.3 is 0 Å². The number of hydrogen-bond acceptors (Lipinski definition) is 6. The lowest BCUT2D eigenvalue weighted by Gasteiger charge is -2.11. The van der Waals surface area contributed by atoms with Gasteiger partial charge in [-0.05, 0) is 48.5 Å². The number of nitrogens with one attached hydrogen (secondary N) is 2. The minimum absolute atomic E-state index is 0.0221. The minimum Gasteiger partial charge on any atom is -0.335 e. The van der Waals surface area contributed by atoms with Crippen LogP contribution in [0.3, 0.4) is 0 Å². The first kappa shape index (κ1) is 23.3. The number of hydrogen-bond donors (Lipinski definition) is 3. The highest BCUT2D eigenvalue weighted by Crippen LogP contribution is 2.27. The van der Waals surface area contributed by atoms with E-state index >= 15 is 0 Å². The number of nitrogen functional groups attached to an aromatic ring is 1. The van der Waals surface area contributed by atoms with Crippen LogP contribution in [-0.2, 0) is 4.79 Å². The molecule has 0 saturated heterocycles. The molecule has 172 valence electrons. The van der Waals surface area contributed by atoms with Crippen molar-refractivity contribution in [1.29, 1.82) is 0 Å². The highest BCUT2D eigenvalue weighted by molar-refractivity contribution is 7.99. The second-order valence-electron chi connectivity index (χ2n) is 7.00. The standard InChI is InChI=1S/C23H18ClFN6O2S/c24-18-7-3-1-5-16(18)21-29-30-23(31(21)26)34-13-20(32)28-19-8-4-2-6-17(19)22(33)27-15-11-9-14(25)10-12-15/h1-12H,13,26H2,(H,27,33)(H,28,32). The molecule has 1 heterocycles. The molecule has 0 aliphatic rings. The quantitative estimate of drug-likeness (QED) is 0.257. The van der Waals surface area contributed by atoms with Crippen LogP contribution in [0.2, 0.25) is 5.02 Å². The van der Waals surface area contributed by atoms with E-state index < -0.39 is 11.7 Å². The smallest absolute Gasteiger partial charge is 0.257 e. The molecule has 1 aromatic heterocycles. The molecule has 3 aromatic carbocycles. The van der Waals surface area contributed by atoms with Gasteiger partial charge in [0, 0.05) is 11.3 Å². The van der Waals surface area contributed by atoms with Gasteiger partial charge in [-0.25, -0.2) is 9.07 Å². The Kier molecular flexibility index (Phi) is 7.09. The molecule has 0 radical (unpaired) electrons. The lowest BCUT2D eigenvalue weighted by atomic mass is 10.1. The van der Waals surface area contributed by atoms with Gasteiger partial charge in [0.25, 0.3) is 5.91 Å². The number of para-hydroxylation sites is 1. The summed E-state index contributed by atoms with van der Waals surface area (Å²) in [6, 6.07) is 19.0. The summed E-state index contributed by atoms with van der Waals surface area (Å²) in [4.78, 5) is 25.3. The van der Waals surface area contributed by atoms with Crippen LogP contribution in [0.15, 0.2) is 78.0 Å². The Morgan fingerprint density at radius 1 is 0.971 bits per heavy atom. The average molecular weight is 497 g/mol. The van der Waals surface area contributed by atoms with Gasteiger partial charge in [-0.3, -0.25) is 9.59 Å². The van der Waals surface area contributed by atoms with E-state index in [9.17, 15) is 14.0 Å². The number of nitrogens with two attached hydrogens (primary N) is 1. The topological polar surface area (TPSA) is 115 Å². The fourth-order valence-corrected chi connectivity index (χ4v) is 3.92. The predicted molar refractivity (Wildman–Crippen MR) is 131 cm³/mol. The first-order chi connectivity index (χ1) is 16.4. The monoisotopic (exact) mass is 496 g/mol. The van der Waals surface area contributed by atoms with Gasteiger partial charge in [0.2, 0.25) is 11.1 Å². The van der Waals surface area contributed by atoms with E-state index in [1.807, 2.05) is 0 Å². The highest BCUT2D eigenvalue weighted by atomic mass is 35.5. The Balaban J connectivity index is 1.41. The summed E-state index contributed by atoms with van der Waals surface area (Å²) < 4.78 is 14.4. The Bertz CT molecular complexity index is 1350. The van der Waals surface area contributed by atoms with E-state index in [0.29, 0.717) is 32.9 Å². The lowest BCUT2D eigenvalue weighted by molar-refractivity contribution is -0.113. The number of aromatic nitrogens is 3. The van der Waals surface area contributed by atoms with E-state index in [2.05, 4.69) is 20.8 Å². The Hall–Kier alpha value is -3.89. The summed E-state index contributed by atoms with van der Waals surface area (Å²) in [5.74, 6) is 5.23. The molecule has 4 aromatic rings. The number of thioether (sulfide) groups is 1. The van der Waals surface area contributed by atoms with Gasteiger partial charge in [-0.15, -0.1) is 10.2 Å². The first-order valence-electron chi connectivity index (χ1n) is 9.96. The van der Waals surface area contributed by atoms with Gasteiger partial charge < -0.3 is 16.5 Å². The zero-order valence-corrected chi connectivity index (χ0v) is 19.1. The number of carbonyl (C=O) groups is 2. The molecule has 0 atom stereocenters. The van der Waals surface area contributed by atoms with Crippen molar-refractivity contribution in [1.82, 2.24) is 14.9 Å². The van der Waals surface area contributed by atoms with Gasteiger partial charge in [-0.1, -0.05) is 47.6 Å². The van der Waals surface area contributed by atoms with Crippen LogP contribution in [0.5, 0.6) is 0 Å². The fourth-order valence-electron chi connectivity index (χ4n) is 3.04. The molecule has 0 aliphatic carbocycles. The van der Waals surface area contributed by atoms with E-state index in [1.54, 1.807) is 48.5 Å². The van der Waals surface area contributed by atoms with Gasteiger partial charge in [-0.2, -0.15) is 0 Å². The van der Waals surface area contributed by atoms with Crippen LogP contribution < -0.4 is 16.5 Å². The van der Waals surface area contributed by atoms with Crippen LogP contribution in [0.25, 0.3) is 11.4 Å². The third-order valence-electron chi connectivity index (χ3n) is 4.66. The molecule has 0 spiro atoms. The first-order valence-corrected chi connectivity index (χ1v) is 11.3. The molecule has 0 bridgehead atoms. The molecule has 0 unspecified atom stereocenters. The summed E-state index contributed by atoms with van der Waals surface area (Å²) in [5.41, 5.74) is 1.64. The number of carbonyl (C=O) groups excluding carboxylic acids is 2. The maximum Gasteiger partial charge on any atom is 0.257 e. The Labute approximate surface area is 203 Å². The fraction of sp³-hybridized carbons (Fsp3) is 0.0435. The van der Waals surface area contributed by atoms with Crippen molar-refractivity contribution < 1.29 is 14.0 Å². The Morgan fingerprint density at radius 3 is 2.44 bits per heavy atom. The number of benzene rings is 3. The average Bonchev–Trinajstić information content (AvgIpc) is 3.20. The van der Waals surface area contributed by atoms with Crippen LogP contribution >= 0.6 is 23.4 Å². The molecule has 4 rings (SSSR count). The van der Waals surface area contributed by atoms with E-state index in [0.717, 1.165) is 11.8 Å². The van der Waals surface area contributed by atoms with Gasteiger partial charge in [0.05, 0.1) is 22.0 Å². The van der Waals surface area contributed by atoms with Gasteiger partial charge in [0.1, 0.15) is 5.82 Å². The van der Waals surface area contributed by atoms with Gasteiger partial charge in [0.15, 0.2) is 5.82 Å². The minimum atomic E-state index is -0.443. The molecule has 0 aliphatic heterocycles. The van der Waals surface area contributed by atoms with Crippen molar-refractivity contribution in [3.63, 3.8) is 0 Å². The summed E-state index contributed by atoms with van der Waals surface area (Å²) in [7, 11) is 0. The van der Waals surface area contributed by atoms with Crippen molar-refractivity contribution >= 4 is 46.6 Å². The predicted octanol–water partition coefficient (Wildman–Crippen LogP) is 4.43. The van der Waals surface area contributed by atoms with E-state index in [1.165, 1.54) is 28.9 Å². The third kappa shape index (κ3) is 5.36. The van der Waals surface area contributed by atoms with E-state index in [4.69, 9.17) is 17.4 Å². The molecular weight excluding hydrogens is 479 g/mol. The zero-order valence-electron chi connectivity index (χ0n) is 17.5. The maximum atomic E-state index is 13.1. The number of halogens is 2. The van der Waals surface area contributed by atoms with Crippen LogP contribution in [0.4, 0.5) is 15.8 Å². The maximum absolute atomic E-state index is 13.1. The van der Waals surface area contributed by atoms with Crippen molar-refractivity contribution in [3.05, 3.63) is 89.2 Å². The SMILES string of the molecule is Nn1c(SCC(=O)Nc2ccccc2C(=O)Nc2ccc(F)cc2)nnc1-c1ccccc1Cl. The van der Waals surface area contributed by atoms with Crippen LogP contribution in [0, 0.1) is 5.82 Å². The second-order valence-corrected chi connectivity index (χ2v) is 8.35. The van der Waals surface area contributed by atoms with Crippen molar-refractivity contribution in [3.8, 4) is 11.4 Å². The van der Waals surface area contributed by atoms with Crippen molar-refractivity contribution in [2.45, 2.75) is 5.16 Å². The van der Waals surface area contributed by atoms with Crippen molar-refractivity contribution in [2.75, 3.05) is 22.2 Å². The van der Waals surface area contributed by atoms with E-state index in [-0.39, 0.29) is 17.2 Å². The van der Waals surface area contributed by atoms with Crippen LogP contribution in [-0.4, -0.2) is 32.4 Å². The Morgan fingerprint density at radius 2 is 1.68 bits per heavy atom. The highest BCUT2D eigenvalue weighted by Gasteiger charge is 2.17. The molecule has 8 nitrogen and oxygen atoms in total. The largest absolute Gasteiger partial charge is 0.335 e. The molecule has 11 heteroatoms. The molecule has 2 amide bonds. The second kappa shape index (κ2) is 10.4. The van der Waals surface area contributed by atoms with Crippen LogP contribution in [0.1, 0.15) is 10.4 Å². The molecule has 0 saturated carbocycles. The lowest BCUT2D eigenvalue weighted by Crippen LogP contribution is -2.20. The molecule has 34 heavy (non-hydrogen) atoms. The zero-order chi connectivity index (χ0) is 24.1. The summed E-state index contributed by atoms with van der Waals surface area (Å²) in [5, 5.41) is 14.3. The number of rotatable bonds is 7.